The van der Waals surface area contributed by atoms with Gasteiger partial charge in [0.15, 0.2) is 0 Å². The van der Waals surface area contributed by atoms with Gasteiger partial charge in [0.05, 0.1) is 24.7 Å². The summed E-state index contributed by atoms with van der Waals surface area (Å²) in [5, 5.41) is 12.7. The van der Waals surface area contributed by atoms with Crippen LogP contribution in [0.15, 0.2) is 66.7 Å². The van der Waals surface area contributed by atoms with Gasteiger partial charge in [-0.2, -0.15) is 5.26 Å². The van der Waals surface area contributed by atoms with Crippen molar-refractivity contribution in [3.8, 4) is 17.2 Å². The first-order valence-corrected chi connectivity index (χ1v) is 11.8. The Balaban J connectivity index is 1.66. The third kappa shape index (κ3) is 8.11. The molecule has 0 unspecified atom stereocenters. The van der Waals surface area contributed by atoms with E-state index < -0.39 is 0 Å². The molecule has 0 atom stereocenters. The van der Waals surface area contributed by atoms with E-state index >= 15 is 0 Å². The Morgan fingerprint density at radius 2 is 1.60 bits per heavy atom. The number of carbonyl (C=O) groups is 2. The molecule has 35 heavy (non-hydrogen) atoms. The molecule has 0 radical (unpaired) electrons. The van der Waals surface area contributed by atoms with E-state index in [1.807, 2.05) is 56.6 Å². The van der Waals surface area contributed by atoms with Gasteiger partial charge < -0.3 is 15.1 Å². The van der Waals surface area contributed by atoms with Crippen LogP contribution in [-0.4, -0.2) is 55.3 Å². The molecule has 0 aliphatic heterocycles. The summed E-state index contributed by atoms with van der Waals surface area (Å²) in [6, 6.07) is 22.4. The van der Waals surface area contributed by atoms with Crippen molar-refractivity contribution in [2.24, 2.45) is 0 Å². The maximum absolute atomic E-state index is 12.8. The predicted molar refractivity (Wildman–Crippen MR) is 141 cm³/mol. The number of nitriles is 1. The van der Waals surface area contributed by atoms with Gasteiger partial charge in [-0.25, -0.2) is 0 Å². The Morgan fingerprint density at radius 1 is 0.914 bits per heavy atom. The van der Waals surface area contributed by atoms with Gasteiger partial charge in [0.25, 0.3) is 0 Å². The number of likely N-dealkylation sites (N-methyl/N-ethyl adjacent to an activating group) is 1. The Labute approximate surface area is 215 Å². The molecule has 0 spiro atoms. The summed E-state index contributed by atoms with van der Waals surface area (Å²) in [7, 11) is 3.62. The molecule has 3 aromatic rings. The van der Waals surface area contributed by atoms with Crippen LogP contribution in [0.25, 0.3) is 11.1 Å². The highest BCUT2D eigenvalue weighted by atomic mass is 35.5. The zero-order valence-corrected chi connectivity index (χ0v) is 21.1. The quantitative estimate of drug-likeness (QED) is 0.435. The summed E-state index contributed by atoms with van der Waals surface area (Å²) in [5.41, 5.74) is 4.10. The molecule has 8 heteroatoms. The van der Waals surface area contributed by atoms with Gasteiger partial charge in [-0.15, -0.1) is 0 Å². The lowest BCUT2D eigenvalue weighted by atomic mass is 10.0. The smallest absolute Gasteiger partial charge is 0.243 e. The lowest BCUT2D eigenvalue weighted by molar-refractivity contribution is -0.135. The van der Waals surface area contributed by atoms with E-state index in [1.165, 1.54) is 0 Å². The lowest BCUT2D eigenvalue weighted by Crippen LogP contribution is -2.43. The second kappa shape index (κ2) is 12.4. The maximum Gasteiger partial charge on any atom is 0.243 e. The first-order chi connectivity index (χ1) is 16.7. The number of halogens is 2. The zero-order chi connectivity index (χ0) is 25.4. The van der Waals surface area contributed by atoms with E-state index in [9.17, 15) is 9.59 Å². The largest absolute Gasteiger partial charge is 0.332 e. The van der Waals surface area contributed by atoms with E-state index in [0.29, 0.717) is 34.3 Å². The van der Waals surface area contributed by atoms with E-state index in [-0.39, 0.29) is 24.9 Å². The molecule has 0 heterocycles. The number of benzene rings is 3. The molecule has 0 fully saturated rings. The summed E-state index contributed by atoms with van der Waals surface area (Å²) < 4.78 is 0. The Bertz CT molecular complexity index is 1220. The van der Waals surface area contributed by atoms with Gasteiger partial charge >= 0.3 is 0 Å². The molecular formula is C27H26Cl2N4O2. The fourth-order valence-electron chi connectivity index (χ4n) is 3.56. The minimum atomic E-state index is -0.330. The number of amides is 2. The van der Waals surface area contributed by atoms with E-state index in [2.05, 4.69) is 11.4 Å². The van der Waals surface area contributed by atoms with Crippen molar-refractivity contribution >= 4 is 40.7 Å². The normalized spacial score (nSPS) is 10.6. The van der Waals surface area contributed by atoms with Crippen molar-refractivity contribution in [3.05, 3.63) is 87.9 Å². The van der Waals surface area contributed by atoms with Crippen molar-refractivity contribution in [2.75, 3.05) is 39.0 Å². The fraction of sp³-hybridized carbons (Fsp3) is 0.222. The number of nitrogens with zero attached hydrogens (tertiary/aromatic N) is 3. The predicted octanol–water partition coefficient (Wildman–Crippen LogP) is 5.10. The molecule has 0 saturated carbocycles. The van der Waals surface area contributed by atoms with E-state index in [1.54, 1.807) is 34.1 Å². The van der Waals surface area contributed by atoms with Crippen molar-refractivity contribution in [1.29, 1.82) is 5.26 Å². The van der Waals surface area contributed by atoms with Gasteiger partial charge in [-0.1, -0.05) is 59.6 Å². The molecule has 0 saturated heterocycles. The Hall–Kier alpha value is -3.37. The number of hydrogen-bond donors (Lipinski definition) is 1. The van der Waals surface area contributed by atoms with Gasteiger partial charge in [0.1, 0.15) is 0 Å². The first kappa shape index (κ1) is 26.2. The summed E-state index contributed by atoms with van der Waals surface area (Å²) in [6.07, 6.45) is 0.591. The average Bonchev–Trinajstić information content (AvgIpc) is 2.81. The number of rotatable bonds is 9. The van der Waals surface area contributed by atoms with Gasteiger partial charge in [-0.3, -0.25) is 9.59 Å². The van der Waals surface area contributed by atoms with Crippen LogP contribution >= 0.6 is 23.2 Å². The molecule has 6 nitrogen and oxygen atoms in total. The van der Waals surface area contributed by atoms with Gasteiger partial charge in [-0.05, 0) is 67.5 Å². The average molecular weight is 509 g/mol. The van der Waals surface area contributed by atoms with Gasteiger partial charge in [0, 0.05) is 22.3 Å². The third-order valence-corrected chi connectivity index (χ3v) is 5.67. The monoisotopic (exact) mass is 508 g/mol. The zero-order valence-electron chi connectivity index (χ0n) is 19.6. The van der Waals surface area contributed by atoms with E-state index in [4.69, 9.17) is 28.5 Å². The van der Waals surface area contributed by atoms with Crippen molar-refractivity contribution in [2.45, 2.75) is 6.42 Å². The molecule has 2 amide bonds. The van der Waals surface area contributed by atoms with Crippen molar-refractivity contribution in [1.82, 2.24) is 9.80 Å². The minimum Gasteiger partial charge on any atom is -0.332 e. The van der Waals surface area contributed by atoms with Crippen LogP contribution in [0.3, 0.4) is 0 Å². The van der Waals surface area contributed by atoms with Crippen LogP contribution in [-0.2, 0) is 16.0 Å². The van der Waals surface area contributed by atoms with Crippen LogP contribution < -0.4 is 5.32 Å². The first-order valence-electron chi connectivity index (χ1n) is 11.0. The number of hydrogen-bond acceptors (Lipinski definition) is 4. The number of nitrogens with one attached hydrogen (secondary N) is 1. The highest BCUT2D eigenvalue weighted by Crippen LogP contribution is 2.23. The van der Waals surface area contributed by atoms with Crippen LogP contribution in [0.4, 0.5) is 5.69 Å². The summed E-state index contributed by atoms with van der Waals surface area (Å²) in [5.74, 6) is -0.470. The standard InChI is InChI=1S/C27H26Cl2N4O2/c1-32(2)18-27(35)33(17-26(34)31-25-14-23(28)13-24(29)15-25)11-10-19-6-8-21(9-7-19)22-5-3-4-20(12-22)16-30/h3-9,12-15H,10-11,17-18H2,1-2H3,(H,31,34). The summed E-state index contributed by atoms with van der Waals surface area (Å²) in [6.45, 7) is 0.500. The minimum absolute atomic E-state index is 0.0875. The van der Waals surface area contributed by atoms with Gasteiger partial charge in [0.2, 0.25) is 11.8 Å². The molecule has 1 N–H and O–H groups in total. The summed E-state index contributed by atoms with van der Waals surface area (Å²) >= 11 is 12.0. The van der Waals surface area contributed by atoms with Crippen molar-refractivity contribution < 1.29 is 9.59 Å². The molecule has 0 aliphatic rings. The molecular weight excluding hydrogens is 483 g/mol. The molecule has 0 bridgehead atoms. The van der Waals surface area contributed by atoms with Crippen LogP contribution in [0, 0.1) is 11.3 Å². The van der Waals surface area contributed by atoms with Crippen molar-refractivity contribution in [3.63, 3.8) is 0 Å². The molecule has 0 aromatic heterocycles. The SMILES string of the molecule is CN(C)CC(=O)N(CCc1ccc(-c2cccc(C#N)c2)cc1)CC(=O)Nc1cc(Cl)cc(Cl)c1. The van der Waals surface area contributed by atoms with Crippen LogP contribution in [0.5, 0.6) is 0 Å². The second-order valence-corrected chi connectivity index (χ2v) is 9.27. The highest BCUT2D eigenvalue weighted by molar-refractivity contribution is 6.35. The van der Waals surface area contributed by atoms with Crippen LogP contribution in [0.2, 0.25) is 10.0 Å². The molecule has 180 valence electrons. The maximum atomic E-state index is 12.8. The highest BCUT2D eigenvalue weighted by Gasteiger charge is 2.18. The lowest BCUT2D eigenvalue weighted by Gasteiger charge is -2.24. The topological polar surface area (TPSA) is 76.4 Å². The molecule has 3 rings (SSSR count). The fourth-order valence-corrected chi connectivity index (χ4v) is 4.08. The Morgan fingerprint density at radius 3 is 2.23 bits per heavy atom. The van der Waals surface area contributed by atoms with E-state index in [0.717, 1.165) is 16.7 Å². The second-order valence-electron chi connectivity index (χ2n) is 8.40. The number of carbonyl (C=O) groups excluding carboxylic acids is 2. The summed E-state index contributed by atoms with van der Waals surface area (Å²) in [4.78, 5) is 28.8. The van der Waals surface area contributed by atoms with Crippen LogP contribution in [0.1, 0.15) is 11.1 Å². The molecule has 3 aromatic carbocycles. The molecule has 0 aliphatic carbocycles. The third-order valence-electron chi connectivity index (χ3n) is 5.23. The number of anilines is 1. The Kier molecular flexibility index (Phi) is 9.27.